The summed E-state index contributed by atoms with van der Waals surface area (Å²) in [6, 6.07) is 16.4. The maximum Gasteiger partial charge on any atom is 0.411 e. The number of nitrogens with zero attached hydrogens (tertiary/aromatic N) is 1. The molecule has 1 unspecified atom stereocenters. The molecule has 10 heteroatoms. The number of hydrogen-bond donors (Lipinski definition) is 1. The summed E-state index contributed by atoms with van der Waals surface area (Å²) in [6.45, 7) is 2.94. The van der Waals surface area contributed by atoms with Crippen LogP contribution >= 0.6 is 0 Å². The van der Waals surface area contributed by atoms with Crippen LogP contribution < -0.4 is 10.1 Å². The van der Waals surface area contributed by atoms with Gasteiger partial charge in [-0.1, -0.05) is 42.5 Å². The van der Waals surface area contributed by atoms with Crippen LogP contribution in [-0.2, 0) is 41.6 Å². The number of ether oxygens (including phenoxy) is 4. The Morgan fingerprint density at radius 2 is 1.76 bits per heavy atom. The highest BCUT2D eigenvalue weighted by atomic mass is 16.6. The van der Waals surface area contributed by atoms with Gasteiger partial charge in [-0.15, -0.1) is 0 Å². The zero-order valence-electron chi connectivity index (χ0n) is 22.1. The van der Waals surface area contributed by atoms with Crippen molar-refractivity contribution in [2.24, 2.45) is 0 Å². The number of hydrogen-bond acceptors (Lipinski definition) is 8. The first-order chi connectivity index (χ1) is 18.2. The Morgan fingerprint density at radius 1 is 1.08 bits per heavy atom. The van der Waals surface area contributed by atoms with Crippen molar-refractivity contribution in [2.45, 2.75) is 57.1 Å². The van der Waals surface area contributed by atoms with Gasteiger partial charge in [0.05, 0.1) is 7.11 Å². The molecule has 204 valence electrons. The largest absolute Gasteiger partial charge is 0.497 e. The molecular formula is C28H34N2O8. The van der Waals surface area contributed by atoms with Crippen LogP contribution in [0.3, 0.4) is 0 Å². The SMILES string of the molecule is COc1ccc(CC2(C(=O)N[C@](C=O)(OC)[C@@H](C)OC(C)=O)CCCN2C(=O)OCc2ccccc2)cc1. The minimum Gasteiger partial charge on any atom is -0.497 e. The second-order valence-electron chi connectivity index (χ2n) is 9.17. The van der Waals surface area contributed by atoms with Gasteiger partial charge in [0.2, 0.25) is 11.6 Å². The van der Waals surface area contributed by atoms with Gasteiger partial charge in [-0.25, -0.2) is 4.79 Å². The molecule has 1 saturated heterocycles. The average Bonchev–Trinajstić information content (AvgIpc) is 3.35. The predicted octanol–water partition coefficient (Wildman–Crippen LogP) is 3.02. The number of methoxy groups -OCH3 is 2. The van der Waals surface area contributed by atoms with Crippen molar-refractivity contribution >= 4 is 24.3 Å². The number of amides is 2. The first-order valence-electron chi connectivity index (χ1n) is 12.3. The van der Waals surface area contributed by atoms with Crippen LogP contribution in [0, 0.1) is 0 Å². The molecule has 0 radical (unpaired) electrons. The van der Waals surface area contributed by atoms with Gasteiger partial charge in [-0.05, 0) is 43.0 Å². The molecular weight excluding hydrogens is 492 g/mol. The standard InChI is InChI=1S/C28H34N2O8/c1-20(38-21(2)32)28(19-31,36-4)29-25(33)27(17-22-11-13-24(35-3)14-12-22)15-8-16-30(27)26(34)37-18-23-9-6-5-7-10-23/h5-7,9-14,19-20H,8,15-18H2,1-4H3,(H,29,33)/t20-,27?,28-/m1/s1. The molecule has 0 saturated carbocycles. The van der Waals surface area contributed by atoms with E-state index in [1.165, 1.54) is 25.9 Å². The van der Waals surface area contributed by atoms with Crippen LogP contribution in [0.5, 0.6) is 5.75 Å². The van der Waals surface area contributed by atoms with Gasteiger partial charge >= 0.3 is 12.1 Å². The Labute approximate surface area is 222 Å². The summed E-state index contributed by atoms with van der Waals surface area (Å²) in [5, 5.41) is 2.64. The second kappa shape index (κ2) is 12.6. The van der Waals surface area contributed by atoms with Crippen molar-refractivity contribution in [2.75, 3.05) is 20.8 Å². The summed E-state index contributed by atoms with van der Waals surface area (Å²) in [4.78, 5) is 52.6. The smallest absolute Gasteiger partial charge is 0.411 e. The van der Waals surface area contributed by atoms with Crippen LogP contribution in [0.1, 0.15) is 37.8 Å². The summed E-state index contributed by atoms with van der Waals surface area (Å²) >= 11 is 0. The molecule has 3 atom stereocenters. The van der Waals surface area contributed by atoms with Crippen molar-refractivity contribution < 1.29 is 38.1 Å². The fraction of sp³-hybridized carbons (Fsp3) is 0.429. The minimum absolute atomic E-state index is 0.0379. The number of likely N-dealkylation sites (tertiary alicyclic amines) is 1. The molecule has 1 aliphatic heterocycles. The Hall–Kier alpha value is -3.92. The molecule has 38 heavy (non-hydrogen) atoms. The molecule has 2 aromatic rings. The van der Waals surface area contributed by atoms with Crippen LogP contribution in [0.2, 0.25) is 0 Å². The minimum atomic E-state index is -1.96. The number of rotatable bonds is 11. The summed E-state index contributed by atoms with van der Waals surface area (Å²) in [5.74, 6) is -0.627. The van der Waals surface area contributed by atoms with E-state index in [2.05, 4.69) is 5.32 Å². The zero-order chi connectivity index (χ0) is 27.8. The van der Waals surface area contributed by atoms with E-state index < -0.39 is 35.3 Å². The van der Waals surface area contributed by atoms with Gasteiger partial charge in [0.25, 0.3) is 0 Å². The lowest BCUT2D eigenvalue weighted by Gasteiger charge is -2.40. The third kappa shape index (κ3) is 6.31. The Balaban J connectivity index is 1.95. The quantitative estimate of drug-likeness (QED) is 0.270. The lowest BCUT2D eigenvalue weighted by molar-refractivity contribution is -0.177. The molecule has 3 rings (SSSR count). The van der Waals surface area contributed by atoms with Gasteiger partial charge in [0, 0.05) is 27.0 Å². The van der Waals surface area contributed by atoms with Crippen LogP contribution in [0.4, 0.5) is 4.79 Å². The number of carbonyl (C=O) groups excluding carboxylic acids is 4. The maximum absolute atomic E-state index is 14.0. The predicted molar refractivity (Wildman–Crippen MR) is 137 cm³/mol. The van der Waals surface area contributed by atoms with Crippen LogP contribution in [0.15, 0.2) is 54.6 Å². The fourth-order valence-corrected chi connectivity index (χ4v) is 4.65. The van der Waals surface area contributed by atoms with Gasteiger partial charge in [-0.2, -0.15) is 0 Å². The molecule has 0 aromatic heterocycles. The van der Waals surface area contributed by atoms with Crippen molar-refractivity contribution in [3.8, 4) is 5.75 Å². The van der Waals surface area contributed by atoms with Crippen LogP contribution in [0.25, 0.3) is 0 Å². The zero-order valence-corrected chi connectivity index (χ0v) is 22.1. The molecule has 1 fully saturated rings. The number of carbonyl (C=O) groups is 4. The highest BCUT2D eigenvalue weighted by Crippen LogP contribution is 2.35. The summed E-state index contributed by atoms with van der Waals surface area (Å²) in [6.07, 6.45) is -0.422. The lowest BCUT2D eigenvalue weighted by atomic mass is 9.86. The maximum atomic E-state index is 14.0. The monoisotopic (exact) mass is 526 g/mol. The van der Waals surface area contributed by atoms with E-state index in [-0.39, 0.29) is 19.6 Å². The summed E-state index contributed by atoms with van der Waals surface area (Å²) in [5.41, 5.74) is -1.78. The summed E-state index contributed by atoms with van der Waals surface area (Å²) in [7, 11) is 2.78. The third-order valence-electron chi connectivity index (χ3n) is 6.76. The molecule has 0 bridgehead atoms. The van der Waals surface area contributed by atoms with Crippen LogP contribution in [-0.4, -0.2) is 67.3 Å². The highest BCUT2D eigenvalue weighted by molar-refractivity contribution is 5.93. The van der Waals surface area contributed by atoms with E-state index in [9.17, 15) is 19.2 Å². The second-order valence-corrected chi connectivity index (χ2v) is 9.17. The molecule has 1 heterocycles. The molecule has 1 aliphatic rings. The molecule has 0 aliphatic carbocycles. The van der Waals surface area contributed by atoms with E-state index in [1.807, 2.05) is 42.5 Å². The Bertz CT molecular complexity index is 1120. The third-order valence-corrected chi connectivity index (χ3v) is 6.76. The summed E-state index contributed by atoms with van der Waals surface area (Å²) < 4.78 is 21.4. The van der Waals surface area contributed by atoms with Gasteiger partial charge < -0.3 is 24.3 Å². The Morgan fingerprint density at radius 3 is 2.34 bits per heavy atom. The van der Waals surface area contributed by atoms with Crippen molar-refractivity contribution in [1.29, 1.82) is 0 Å². The van der Waals surface area contributed by atoms with Gasteiger partial charge in [-0.3, -0.25) is 19.3 Å². The first kappa shape index (κ1) is 28.6. The number of benzene rings is 2. The Kier molecular flexibility index (Phi) is 9.46. The van der Waals surface area contributed by atoms with Gasteiger partial charge in [0.1, 0.15) is 17.9 Å². The fourth-order valence-electron chi connectivity index (χ4n) is 4.65. The highest BCUT2D eigenvalue weighted by Gasteiger charge is 2.53. The first-order valence-corrected chi connectivity index (χ1v) is 12.3. The molecule has 0 spiro atoms. The van der Waals surface area contributed by atoms with E-state index >= 15 is 0 Å². The van der Waals surface area contributed by atoms with E-state index in [4.69, 9.17) is 18.9 Å². The van der Waals surface area contributed by atoms with Gasteiger partial charge in [0.15, 0.2) is 12.4 Å². The molecule has 1 N–H and O–H groups in total. The van der Waals surface area contributed by atoms with Crippen molar-refractivity contribution in [3.63, 3.8) is 0 Å². The van der Waals surface area contributed by atoms with Crippen molar-refractivity contribution in [3.05, 3.63) is 65.7 Å². The number of esters is 1. The van der Waals surface area contributed by atoms with Crippen molar-refractivity contribution in [1.82, 2.24) is 10.2 Å². The lowest BCUT2D eigenvalue weighted by Crippen LogP contribution is -2.67. The average molecular weight is 527 g/mol. The van der Waals surface area contributed by atoms with E-state index in [1.54, 1.807) is 19.2 Å². The topological polar surface area (TPSA) is 120 Å². The normalized spacial score (nSPS) is 19.1. The number of nitrogens with one attached hydrogen (secondary N) is 1. The number of aldehydes is 1. The molecule has 10 nitrogen and oxygen atoms in total. The molecule has 2 aromatic carbocycles. The van der Waals surface area contributed by atoms with E-state index in [0.717, 1.165) is 11.1 Å². The van der Waals surface area contributed by atoms with E-state index in [0.29, 0.717) is 24.9 Å². The molecule has 2 amide bonds.